The quantitative estimate of drug-likeness (QED) is 0.253. The van der Waals surface area contributed by atoms with Gasteiger partial charge in [0.15, 0.2) is 11.0 Å². The standard InChI is InChI=1S/C23H19ClFN3S/c24-19-10-8-18(9-11-19)22-26-27-23(28(22)21-14-12-20(25)13-15-21)29-16-4-7-17-5-2-1-3-6-17/h1-3,5-6,8-15H,4,7,16H2. The Kier molecular flexibility index (Phi) is 6.27. The second kappa shape index (κ2) is 9.25. The van der Waals surface area contributed by atoms with Crippen molar-refractivity contribution in [3.8, 4) is 17.1 Å². The van der Waals surface area contributed by atoms with Gasteiger partial charge in [-0.3, -0.25) is 4.57 Å². The fraction of sp³-hybridized carbons (Fsp3) is 0.130. The van der Waals surface area contributed by atoms with Crippen LogP contribution in [0.3, 0.4) is 0 Å². The summed E-state index contributed by atoms with van der Waals surface area (Å²) in [6, 6.07) is 24.3. The van der Waals surface area contributed by atoms with E-state index in [2.05, 4.69) is 34.5 Å². The molecule has 29 heavy (non-hydrogen) atoms. The third kappa shape index (κ3) is 4.86. The van der Waals surface area contributed by atoms with Crippen LogP contribution in [0.25, 0.3) is 17.1 Å². The molecule has 0 saturated carbocycles. The number of thioether (sulfide) groups is 1. The van der Waals surface area contributed by atoms with Crippen molar-refractivity contribution in [3.63, 3.8) is 0 Å². The average Bonchev–Trinajstić information content (AvgIpc) is 3.17. The van der Waals surface area contributed by atoms with Crippen molar-refractivity contribution < 1.29 is 4.39 Å². The lowest BCUT2D eigenvalue weighted by atomic mass is 10.1. The molecule has 4 rings (SSSR count). The van der Waals surface area contributed by atoms with Gasteiger partial charge in [-0.1, -0.05) is 53.7 Å². The van der Waals surface area contributed by atoms with Crippen molar-refractivity contribution >= 4 is 23.4 Å². The Labute approximate surface area is 178 Å². The highest BCUT2D eigenvalue weighted by Gasteiger charge is 2.16. The third-order valence-corrected chi connectivity index (χ3v) is 5.77. The predicted octanol–water partition coefficient (Wildman–Crippen LogP) is 6.45. The molecule has 0 amide bonds. The first-order valence-corrected chi connectivity index (χ1v) is 10.7. The smallest absolute Gasteiger partial charge is 0.196 e. The van der Waals surface area contributed by atoms with E-state index in [0.29, 0.717) is 10.8 Å². The summed E-state index contributed by atoms with van der Waals surface area (Å²) in [4.78, 5) is 0. The molecule has 0 saturated heterocycles. The maximum absolute atomic E-state index is 13.4. The van der Waals surface area contributed by atoms with E-state index in [1.165, 1.54) is 17.7 Å². The summed E-state index contributed by atoms with van der Waals surface area (Å²) in [5.41, 5.74) is 3.06. The minimum atomic E-state index is -0.271. The van der Waals surface area contributed by atoms with Gasteiger partial charge in [0, 0.05) is 22.0 Å². The fourth-order valence-corrected chi connectivity index (χ4v) is 4.07. The average molecular weight is 424 g/mol. The molecule has 0 fully saturated rings. The number of halogens is 2. The zero-order chi connectivity index (χ0) is 20.1. The summed E-state index contributed by atoms with van der Waals surface area (Å²) in [7, 11) is 0. The first-order valence-electron chi connectivity index (χ1n) is 9.35. The summed E-state index contributed by atoms with van der Waals surface area (Å²) in [5.74, 6) is 1.35. The first kappa shape index (κ1) is 19.7. The largest absolute Gasteiger partial charge is 0.270 e. The first-order chi connectivity index (χ1) is 14.2. The number of rotatable bonds is 7. The molecule has 1 heterocycles. The van der Waals surface area contributed by atoms with Crippen LogP contribution in [0.2, 0.25) is 5.02 Å². The molecule has 3 aromatic carbocycles. The Balaban J connectivity index is 1.57. The van der Waals surface area contributed by atoms with Crippen LogP contribution >= 0.6 is 23.4 Å². The summed E-state index contributed by atoms with van der Waals surface area (Å²) < 4.78 is 15.4. The molecular formula is C23H19ClFN3S. The Morgan fingerprint density at radius 3 is 2.31 bits per heavy atom. The molecule has 0 aliphatic carbocycles. The van der Waals surface area contributed by atoms with E-state index in [4.69, 9.17) is 11.6 Å². The Morgan fingerprint density at radius 1 is 0.862 bits per heavy atom. The van der Waals surface area contributed by atoms with E-state index in [1.54, 1.807) is 23.9 Å². The highest BCUT2D eigenvalue weighted by Crippen LogP contribution is 2.29. The molecule has 3 nitrogen and oxygen atoms in total. The molecule has 0 bridgehead atoms. The van der Waals surface area contributed by atoms with E-state index < -0.39 is 0 Å². The van der Waals surface area contributed by atoms with Crippen molar-refractivity contribution in [1.29, 1.82) is 0 Å². The molecule has 0 aliphatic rings. The fourth-order valence-electron chi connectivity index (χ4n) is 3.06. The van der Waals surface area contributed by atoms with Crippen LogP contribution < -0.4 is 0 Å². The van der Waals surface area contributed by atoms with Crippen LogP contribution in [0, 0.1) is 5.82 Å². The summed E-state index contributed by atoms with van der Waals surface area (Å²) in [5, 5.41) is 10.3. The Hall–Kier alpha value is -2.63. The lowest BCUT2D eigenvalue weighted by molar-refractivity contribution is 0.627. The molecule has 4 aromatic rings. The minimum absolute atomic E-state index is 0.271. The van der Waals surface area contributed by atoms with Crippen molar-refractivity contribution in [1.82, 2.24) is 14.8 Å². The second-order valence-corrected chi connectivity index (χ2v) is 8.06. The normalized spacial score (nSPS) is 11.0. The Morgan fingerprint density at radius 2 is 1.59 bits per heavy atom. The van der Waals surface area contributed by atoms with Crippen LogP contribution in [-0.4, -0.2) is 20.5 Å². The van der Waals surface area contributed by atoms with Gasteiger partial charge in [-0.25, -0.2) is 4.39 Å². The maximum atomic E-state index is 13.4. The SMILES string of the molecule is Fc1ccc(-n2c(SCCCc3ccccc3)nnc2-c2ccc(Cl)cc2)cc1. The Bertz CT molecular complexity index is 1060. The third-order valence-electron chi connectivity index (χ3n) is 4.50. The maximum Gasteiger partial charge on any atom is 0.196 e. The van der Waals surface area contributed by atoms with Crippen LogP contribution in [0.15, 0.2) is 84.0 Å². The van der Waals surface area contributed by atoms with E-state index >= 15 is 0 Å². The van der Waals surface area contributed by atoms with Gasteiger partial charge in [-0.05, 0) is 66.9 Å². The minimum Gasteiger partial charge on any atom is -0.270 e. The van der Waals surface area contributed by atoms with Crippen molar-refractivity contribution in [2.45, 2.75) is 18.0 Å². The highest BCUT2D eigenvalue weighted by atomic mass is 35.5. The van der Waals surface area contributed by atoms with E-state index in [1.807, 2.05) is 34.9 Å². The van der Waals surface area contributed by atoms with E-state index in [9.17, 15) is 4.39 Å². The molecule has 6 heteroatoms. The van der Waals surface area contributed by atoms with Gasteiger partial charge in [0.05, 0.1) is 0 Å². The molecule has 0 aliphatic heterocycles. The molecule has 0 radical (unpaired) electrons. The van der Waals surface area contributed by atoms with Gasteiger partial charge in [-0.2, -0.15) is 0 Å². The van der Waals surface area contributed by atoms with Crippen LogP contribution in [0.4, 0.5) is 4.39 Å². The van der Waals surface area contributed by atoms with Gasteiger partial charge >= 0.3 is 0 Å². The summed E-state index contributed by atoms with van der Waals surface area (Å²) >= 11 is 7.68. The molecule has 146 valence electrons. The monoisotopic (exact) mass is 423 g/mol. The van der Waals surface area contributed by atoms with E-state index in [-0.39, 0.29) is 5.82 Å². The van der Waals surface area contributed by atoms with Crippen molar-refractivity contribution in [2.75, 3.05) is 5.75 Å². The lowest BCUT2D eigenvalue weighted by Crippen LogP contribution is -2.00. The molecule has 0 atom stereocenters. The number of hydrogen-bond acceptors (Lipinski definition) is 3. The van der Waals surface area contributed by atoms with Gasteiger partial charge in [0.1, 0.15) is 5.82 Å². The zero-order valence-electron chi connectivity index (χ0n) is 15.6. The van der Waals surface area contributed by atoms with Gasteiger partial charge in [0.25, 0.3) is 0 Å². The second-order valence-electron chi connectivity index (χ2n) is 6.56. The summed E-state index contributed by atoms with van der Waals surface area (Å²) in [6.45, 7) is 0. The zero-order valence-corrected chi connectivity index (χ0v) is 17.2. The molecule has 0 unspecified atom stereocenters. The number of nitrogens with zero attached hydrogens (tertiary/aromatic N) is 3. The van der Waals surface area contributed by atoms with Gasteiger partial charge in [0.2, 0.25) is 0 Å². The number of benzene rings is 3. The number of aryl methyl sites for hydroxylation is 1. The highest BCUT2D eigenvalue weighted by molar-refractivity contribution is 7.99. The molecule has 0 spiro atoms. The predicted molar refractivity (Wildman–Crippen MR) is 117 cm³/mol. The van der Waals surface area contributed by atoms with Crippen molar-refractivity contribution in [3.05, 3.63) is 95.3 Å². The van der Waals surface area contributed by atoms with Gasteiger partial charge < -0.3 is 0 Å². The number of aromatic nitrogens is 3. The van der Waals surface area contributed by atoms with E-state index in [0.717, 1.165) is 35.0 Å². The van der Waals surface area contributed by atoms with Crippen LogP contribution in [-0.2, 0) is 6.42 Å². The van der Waals surface area contributed by atoms with Crippen molar-refractivity contribution in [2.24, 2.45) is 0 Å². The molecule has 1 aromatic heterocycles. The molecular weight excluding hydrogens is 405 g/mol. The molecule has 0 N–H and O–H groups in total. The number of hydrogen-bond donors (Lipinski definition) is 0. The summed E-state index contributed by atoms with van der Waals surface area (Å²) in [6.07, 6.45) is 2.05. The van der Waals surface area contributed by atoms with Crippen LogP contribution in [0.5, 0.6) is 0 Å². The lowest BCUT2D eigenvalue weighted by Gasteiger charge is -2.10. The van der Waals surface area contributed by atoms with Gasteiger partial charge in [-0.15, -0.1) is 10.2 Å². The topological polar surface area (TPSA) is 30.7 Å². The van der Waals surface area contributed by atoms with Crippen LogP contribution in [0.1, 0.15) is 12.0 Å².